The average Bonchev–Trinajstić information content (AvgIpc) is 2.68. The molecule has 0 radical (unpaired) electrons. The summed E-state index contributed by atoms with van der Waals surface area (Å²) in [6.45, 7) is 2.00. The topological polar surface area (TPSA) is 57.2 Å². The van der Waals surface area contributed by atoms with Crippen LogP contribution < -0.4 is 18.9 Å². The monoisotopic (exact) mass is 370 g/mol. The van der Waals surface area contributed by atoms with Crippen molar-refractivity contribution in [3.8, 4) is 23.0 Å². The largest absolute Gasteiger partial charge is 0.496 e. The summed E-state index contributed by atoms with van der Waals surface area (Å²) in [5.41, 5.74) is 4.85. The smallest absolute Gasteiger partial charge is 0.203 e. The normalized spacial score (nSPS) is 17.4. The van der Waals surface area contributed by atoms with Gasteiger partial charge < -0.3 is 24.1 Å². The van der Waals surface area contributed by atoms with E-state index in [1.165, 1.54) is 0 Å². The van der Waals surface area contributed by atoms with Gasteiger partial charge in [0.2, 0.25) is 5.75 Å². The first kappa shape index (κ1) is 19.1. The van der Waals surface area contributed by atoms with Crippen LogP contribution in [0, 0.1) is 6.92 Å². The minimum Gasteiger partial charge on any atom is -0.496 e. The maximum absolute atomic E-state index is 10.7. The molecule has 0 aromatic heterocycles. The van der Waals surface area contributed by atoms with Crippen molar-refractivity contribution in [1.29, 1.82) is 0 Å². The Morgan fingerprint density at radius 2 is 1.63 bits per heavy atom. The SMILES string of the molecule is COc1ccc(/C=C2\c3cc(OC)c(OC)c(OC)c3CC[C@@H]2O)cc1C. The van der Waals surface area contributed by atoms with Crippen molar-refractivity contribution >= 4 is 11.6 Å². The summed E-state index contributed by atoms with van der Waals surface area (Å²) in [7, 11) is 6.48. The molecule has 1 N–H and O–H groups in total. The maximum atomic E-state index is 10.7. The molecule has 1 atom stereocenters. The Morgan fingerprint density at radius 3 is 2.22 bits per heavy atom. The third-order valence-corrected chi connectivity index (χ3v) is 5.01. The highest BCUT2D eigenvalue weighted by Crippen LogP contribution is 2.47. The van der Waals surface area contributed by atoms with E-state index >= 15 is 0 Å². The predicted molar refractivity (Wildman–Crippen MR) is 106 cm³/mol. The van der Waals surface area contributed by atoms with Crippen molar-refractivity contribution in [1.82, 2.24) is 0 Å². The molecule has 1 aliphatic rings. The molecule has 27 heavy (non-hydrogen) atoms. The van der Waals surface area contributed by atoms with Crippen molar-refractivity contribution in [2.24, 2.45) is 0 Å². The van der Waals surface area contributed by atoms with Gasteiger partial charge in [0.05, 0.1) is 34.5 Å². The lowest BCUT2D eigenvalue weighted by atomic mass is 9.83. The molecular weight excluding hydrogens is 344 g/mol. The summed E-state index contributed by atoms with van der Waals surface area (Å²) >= 11 is 0. The highest BCUT2D eigenvalue weighted by Gasteiger charge is 2.29. The first-order valence-corrected chi connectivity index (χ1v) is 8.90. The highest BCUT2D eigenvalue weighted by molar-refractivity contribution is 5.88. The fraction of sp³-hybridized carbons (Fsp3) is 0.364. The lowest BCUT2D eigenvalue weighted by molar-refractivity contribution is 0.217. The van der Waals surface area contributed by atoms with Crippen molar-refractivity contribution < 1.29 is 24.1 Å². The molecule has 0 heterocycles. The molecule has 2 aromatic rings. The van der Waals surface area contributed by atoms with E-state index in [1.54, 1.807) is 28.4 Å². The number of aryl methyl sites for hydroxylation is 1. The van der Waals surface area contributed by atoms with Crippen molar-refractivity contribution in [2.75, 3.05) is 28.4 Å². The summed E-state index contributed by atoms with van der Waals surface area (Å²) in [4.78, 5) is 0. The van der Waals surface area contributed by atoms with E-state index in [2.05, 4.69) is 0 Å². The molecule has 0 fully saturated rings. The standard InChI is InChI=1S/C22H26O5/c1-13-10-14(6-9-19(13)24-2)11-17-16-12-20(25-3)22(27-5)21(26-4)15(16)7-8-18(17)23/h6,9-12,18,23H,7-8H2,1-5H3/b17-11+/t18-/m0/s1. The number of ether oxygens (including phenoxy) is 4. The number of hydrogen-bond donors (Lipinski definition) is 1. The van der Waals surface area contributed by atoms with Crippen LogP contribution in [0.25, 0.3) is 11.6 Å². The fourth-order valence-electron chi connectivity index (χ4n) is 3.68. The van der Waals surface area contributed by atoms with Crippen molar-refractivity contribution in [2.45, 2.75) is 25.9 Å². The van der Waals surface area contributed by atoms with Crippen molar-refractivity contribution in [3.63, 3.8) is 0 Å². The van der Waals surface area contributed by atoms with Gasteiger partial charge in [0, 0.05) is 5.56 Å². The first-order valence-electron chi connectivity index (χ1n) is 8.90. The van der Waals surface area contributed by atoms with Gasteiger partial charge in [0.1, 0.15) is 5.75 Å². The van der Waals surface area contributed by atoms with Crippen LogP contribution in [0.4, 0.5) is 0 Å². The zero-order valence-electron chi connectivity index (χ0n) is 16.5. The van der Waals surface area contributed by atoms with Gasteiger partial charge in [-0.1, -0.05) is 6.07 Å². The molecule has 144 valence electrons. The molecule has 0 bridgehead atoms. The van der Waals surface area contributed by atoms with E-state index in [9.17, 15) is 5.11 Å². The van der Waals surface area contributed by atoms with Crippen LogP contribution in [0.5, 0.6) is 23.0 Å². The molecule has 2 aromatic carbocycles. The fourth-order valence-corrected chi connectivity index (χ4v) is 3.68. The van der Waals surface area contributed by atoms with Crippen LogP contribution >= 0.6 is 0 Å². The zero-order chi connectivity index (χ0) is 19.6. The quantitative estimate of drug-likeness (QED) is 0.866. The van der Waals surface area contributed by atoms with Gasteiger partial charge in [0.25, 0.3) is 0 Å². The van der Waals surface area contributed by atoms with Gasteiger partial charge >= 0.3 is 0 Å². The number of rotatable bonds is 5. The molecule has 0 amide bonds. The molecule has 0 unspecified atom stereocenters. The second-order valence-corrected chi connectivity index (χ2v) is 6.55. The lowest BCUT2D eigenvalue weighted by Gasteiger charge is -2.28. The van der Waals surface area contributed by atoms with Crippen LogP contribution in [-0.2, 0) is 6.42 Å². The molecule has 0 saturated carbocycles. The number of benzene rings is 2. The van der Waals surface area contributed by atoms with E-state index < -0.39 is 6.10 Å². The van der Waals surface area contributed by atoms with Gasteiger partial charge in [0.15, 0.2) is 11.5 Å². The minimum absolute atomic E-state index is 0.553. The number of aliphatic hydroxyl groups is 1. The summed E-state index contributed by atoms with van der Waals surface area (Å²) in [6, 6.07) is 7.89. The molecule has 0 saturated heterocycles. The average molecular weight is 370 g/mol. The zero-order valence-corrected chi connectivity index (χ0v) is 16.5. The van der Waals surface area contributed by atoms with Gasteiger partial charge in [-0.2, -0.15) is 0 Å². The van der Waals surface area contributed by atoms with Gasteiger partial charge in [-0.05, 0) is 66.3 Å². The molecule has 5 heteroatoms. The van der Waals surface area contributed by atoms with Gasteiger partial charge in [-0.25, -0.2) is 0 Å². The summed E-state index contributed by atoms with van der Waals surface area (Å²) in [6.07, 6.45) is 2.79. The maximum Gasteiger partial charge on any atom is 0.203 e. The van der Waals surface area contributed by atoms with Crippen molar-refractivity contribution in [3.05, 3.63) is 46.5 Å². The molecule has 1 aliphatic carbocycles. The Balaban J connectivity index is 2.18. The summed E-state index contributed by atoms with van der Waals surface area (Å²) < 4.78 is 22.0. The Bertz CT molecular complexity index is 869. The predicted octanol–water partition coefficient (Wildman–Crippen LogP) is 3.88. The molecule has 3 rings (SSSR count). The Morgan fingerprint density at radius 1 is 0.926 bits per heavy atom. The Labute approximate surface area is 160 Å². The molecular formula is C22H26O5. The molecule has 5 nitrogen and oxygen atoms in total. The minimum atomic E-state index is -0.553. The highest BCUT2D eigenvalue weighted by atomic mass is 16.5. The molecule has 0 spiro atoms. The van der Waals surface area contributed by atoms with Crippen LogP contribution in [0.15, 0.2) is 24.3 Å². The number of fused-ring (bicyclic) bond motifs is 1. The van der Waals surface area contributed by atoms with E-state index in [0.29, 0.717) is 30.1 Å². The third-order valence-electron chi connectivity index (χ3n) is 5.01. The van der Waals surface area contributed by atoms with E-state index in [1.807, 2.05) is 37.3 Å². The van der Waals surface area contributed by atoms with Crippen LogP contribution in [0.1, 0.15) is 28.7 Å². The number of aliphatic hydroxyl groups excluding tert-OH is 1. The number of hydrogen-bond acceptors (Lipinski definition) is 5. The summed E-state index contributed by atoms with van der Waals surface area (Å²) in [5, 5.41) is 10.7. The molecule has 0 aliphatic heterocycles. The third kappa shape index (κ3) is 3.47. The summed E-state index contributed by atoms with van der Waals surface area (Å²) in [5.74, 6) is 2.67. The second kappa shape index (κ2) is 7.92. The van der Waals surface area contributed by atoms with Crippen LogP contribution in [0.3, 0.4) is 0 Å². The van der Waals surface area contributed by atoms with Gasteiger partial charge in [-0.15, -0.1) is 0 Å². The first-order chi connectivity index (χ1) is 13.0. The van der Waals surface area contributed by atoms with Crippen LogP contribution in [0.2, 0.25) is 0 Å². The lowest BCUT2D eigenvalue weighted by Crippen LogP contribution is -2.19. The van der Waals surface area contributed by atoms with Gasteiger partial charge in [-0.3, -0.25) is 0 Å². The second-order valence-electron chi connectivity index (χ2n) is 6.55. The number of methoxy groups -OCH3 is 4. The van der Waals surface area contributed by atoms with E-state index in [-0.39, 0.29) is 0 Å². The van der Waals surface area contributed by atoms with E-state index in [4.69, 9.17) is 18.9 Å². The van der Waals surface area contributed by atoms with E-state index in [0.717, 1.165) is 33.6 Å². The van der Waals surface area contributed by atoms with Crippen LogP contribution in [-0.4, -0.2) is 39.6 Å². The Kier molecular flexibility index (Phi) is 5.61. The Hall–Kier alpha value is -2.66.